The van der Waals surface area contributed by atoms with Crippen LogP contribution in [0.3, 0.4) is 0 Å². The molecule has 1 saturated heterocycles. The Kier molecular flexibility index (Phi) is 3.88. The molecule has 2 fully saturated rings. The van der Waals surface area contributed by atoms with Gasteiger partial charge in [0.1, 0.15) is 5.69 Å². The number of rotatable bonds is 4. The summed E-state index contributed by atoms with van der Waals surface area (Å²) in [4.78, 5) is 14.3. The fourth-order valence-electron chi connectivity index (χ4n) is 3.06. The highest BCUT2D eigenvalue weighted by molar-refractivity contribution is 7.90. The molecule has 0 unspecified atom stereocenters. The van der Waals surface area contributed by atoms with Crippen LogP contribution in [0.5, 0.6) is 0 Å². The van der Waals surface area contributed by atoms with Crippen molar-refractivity contribution in [1.82, 2.24) is 9.29 Å². The molecule has 0 aromatic carbocycles. The Morgan fingerprint density at radius 3 is 2.35 bits per heavy atom. The summed E-state index contributed by atoms with van der Waals surface area (Å²) in [5, 5.41) is 10.8. The average Bonchev–Trinajstić information content (AvgIpc) is 3.32. The molecule has 2 aliphatic rings. The van der Waals surface area contributed by atoms with Gasteiger partial charge in [-0.2, -0.15) is 0 Å². The van der Waals surface area contributed by atoms with Crippen molar-refractivity contribution >= 4 is 27.2 Å². The second-order valence-electron chi connectivity index (χ2n) is 6.04. The lowest BCUT2D eigenvalue weighted by Crippen LogP contribution is -2.39. The third-order valence-electron chi connectivity index (χ3n) is 4.53. The van der Waals surface area contributed by atoms with Gasteiger partial charge in [-0.3, -0.25) is 10.1 Å². The molecule has 0 amide bonds. The van der Waals surface area contributed by atoms with E-state index in [1.54, 1.807) is 0 Å². The molecule has 4 N–H and O–H groups in total. The number of nitrogens with two attached hydrogens (primary N) is 2. The summed E-state index contributed by atoms with van der Waals surface area (Å²) in [5.74, 6) is -0.252. The third-order valence-corrected chi connectivity index (χ3v) is 6.93. The zero-order valence-corrected chi connectivity index (χ0v) is 13.3. The predicted molar refractivity (Wildman–Crippen MR) is 85.2 cm³/mol. The molecular formula is C13H19N5O4S. The van der Waals surface area contributed by atoms with E-state index in [-0.39, 0.29) is 28.4 Å². The first-order valence-corrected chi connectivity index (χ1v) is 9.00. The fraction of sp³-hybridized carbons (Fsp3) is 0.615. The molecule has 0 bridgehead atoms. The van der Waals surface area contributed by atoms with Gasteiger partial charge in [-0.25, -0.2) is 17.7 Å². The maximum Gasteiger partial charge on any atom is 0.334 e. The largest absolute Gasteiger partial charge is 0.393 e. The van der Waals surface area contributed by atoms with E-state index in [4.69, 9.17) is 11.5 Å². The first kappa shape index (κ1) is 15.9. The van der Waals surface area contributed by atoms with Crippen molar-refractivity contribution in [3.8, 4) is 0 Å². The molecule has 1 aromatic heterocycles. The van der Waals surface area contributed by atoms with E-state index in [9.17, 15) is 18.5 Å². The summed E-state index contributed by atoms with van der Waals surface area (Å²) in [6.45, 7) is 0.808. The Bertz CT molecular complexity index is 739. The summed E-state index contributed by atoms with van der Waals surface area (Å²) in [7, 11) is -3.17. The van der Waals surface area contributed by atoms with Gasteiger partial charge >= 0.3 is 5.69 Å². The molecule has 0 atom stereocenters. The lowest BCUT2D eigenvalue weighted by atomic mass is 9.90. The topological polar surface area (TPSA) is 145 Å². The van der Waals surface area contributed by atoms with Crippen LogP contribution < -0.4 is 11.5 Å². The van der Waals surface area contributed by atoms with E-state index < -0.39 is 14.9 Å². The van der Waals surface area contributed by atoms with Crippen molar-refractivity contribution in [3.05, 3.63) is 21.9 Å². The number of nitrogen functional groups attached to an aromatic ring is 2. The molecule has 126 valence electrons. The van der Waals surface area contributed by atoms with Crippen molar-refractivity contribution < 1.29 is 13.3 Å². The number of aromatic nitrogens is 1. The number of pyridine rings is 1. The number of nitrogens with zero attached hydrogens (tertiary/aromatic N) is 3. The molecule has 0 radical (unpaired) electrons. The Labute approximate surface area is 133 Å². The maximum absolute atomic E-state index is 12.2. The number of sulfonamides is 1. The lowest BCUT2D eigenvalue weighted by Gasteiger charge is -2.31. The molecule has 10 heteroatoms. The maximum atomic E-state index is 12.2. The SMILES string of the molecule is Nc1ncc(C2CCN(S(=O)(=O)C3CC3)CC2)c(N)c1[N+](=O)[O-]. The Hall–Kier alpha value is -1.94. The molecule has 1 aliphatic heterocycles. The second kappa shape index (κ2) is 5.60. The number of hydrogen-bond donors (Lipinski definition) is 2. The zero-order chi connectivity index (χ0) is 16.8. The van der Waals surface area contributed by atoms with Crippen LogP contribution in [0.4, 0.5) is 17.2 Å². The molecule has 1 aliphatic carbocycles. The van der Waals surface area contributed by atoms with Crippen LogP contribution in [-0.2, 0) is 10.0 Å². The van der Waals surface area contributed by atoms with Gasteiger partial charge in [0.25, 0.3) is 0 Å². The predicted octanol–water partition coefficient (Wildman–Crippen LogP) is 0.826. The van der Waals surface area contributed by atoms with E-state index in [0.717, 1.165) is 12.8 Å². The van der Waals surface area contributed by atoms with E-state index in [2.05, 4.69) is 4.98 Å². The Morgan fingerprint density at radius 1 is 1.22 bits per heavy atom. The van der Waals surface area contributed by atoms with Crippen molar-refractivity contribution in [2.45, 2.75) is 36.9 Å². The number of piperidine rings is 1. The monoisotopic (exact) mass is 341 g/mol. The average molecular weight is 341 g/mol. The van der Waals surface area contributed by atoms with Crippen LogP contribution in [0.1, 0.15) is 37.2 Å². The Morgan fingerprint density at radius 2 is 1.83 bits per heavy atom. The summed E-state index contributed by atoms with van der Waals surface area (Å²) in [6.07, 6.45) is 4.08. The van der Waals surface area contributed by atoms with E-state index >= 15 is 0 Å². The standard InChI is InChI=1S/C13H19N5O4S/c14-11-10(7-16-13(15)12(11)18(19)20)8-3-5-17(6-4-8)23(21,22)9-1-2-9/h7-9H,1-6H2,(H4,14,15,16). The van der Waals surface area contributed by atoms with Gasteiger partial charge in [-0.05, 0) is 31.6 Å². The first-order valence-electron chi connectivity index (χ1n) is 7.49. The van der Waals surface area contributed by atoms with Crippen LogP contribution in [0.25, 0.3) is 0 Å². The third kappa shape index (κ3) is 2.83. The van der Waals surface area contributed by atoms with Crippen LogP contribution >= 0.6 is 0 Å². The number of nitro groups is 1. The molecule has 3 rings (SSSR count). The van der Waals surface area contributed by atoms with Gasteiger partial charge in [-0.1, -0.05) is 0 Å². The molecular weight excluding hydrogens is 322 g/mol. The van der Waals surface area contributed by atoms with E-state index in [0.29, 0.717) is 31.5 Å². The van der Waals surface area contributed by atoms with Crippen LogP contribution in [0.15, 0.2) is 6.20 Å². The quantitative estimate of drug-likeness (QED) is 0.609. The number of hydrogen-bond acceptors (Lipinski definition) is 7. The highest BCUT2D eigenvalue weighted by Gasteiger charge is 2.41. The van der Waals surface area contributed by atoms with Gasteiger partial charge in [0.05, 0.1) is 10.2 Å². The smallest absolute Gasteiger partial charge is 0.334 e. The summed E-state index contributed by atoms with van der Waals surface area (Å²) < 4.78 is 26.0. The minimum Gasteiger partial charge on any atom is -0.393 e. The molecule has 2 heterocycles. The van der Waals surface area contributed by atoms with Crippen molar-refractivity contribution in [3.63, 3.8) is 0 Å². The van der Waals surface area contributed by atoms with Gasteiger partial charge in [-0.15, -0.1) is 0 Å². The van der Waals surface area contributed by atoms with Crippen LogP contribution in [0, 0.1) is 10.1 Å². The molecule has 9 nitrogen and oxygen atoms in total. The van der Waals surface area contributed by atoms with Crippen LogP contribution in [0.2, 0.25) is 0 Å². The normalized spacial score (nSPS) is 20.5. The Balaban J connectivity index is 1.78. The highest BCUT2D eigenvalue weighted by Crippen LogP contribution is 2.39. The van der Waals surface area contributed by atoms with Crippen molar-refractivity contribution in [2.75, 3.05) is 24.6 Å². The lowest BCUT2D eigenvalue weighted by molar-refractivity contribution is -0.383. The molecule has 1 saturated carbocycles. The van der Waals surface area contributed by atoms with E-state index in [1.807, 2.05) is 0 Å². The van der Waals surface area contributed by atoms with Gasteiger partial charge in [0, 0.05) is 24.8 Å². The van der Waals surface area contributed by atoms with Gasteiger partial charge in [0.15, 0.2) is 0 Å². The van der Waals surface area contributed by atoms with Crippen LogP contribution in [-0.4, -0.2) is 41.0 Å². The summed E-state index contributed by atoms with van der Waals surface area (Å²) in [6, 6.07) is 0. The molecule has 1 aromatic rings. The number of anilines is 2. The fourth-order valence-corrected chi connectivity index (χ4v) is 4.93. The summed E-state index contributed by atoms with van der Waals surface area (Å²) >= 11 is 0. The zero-order valence-electron chi connectivity index (χ0n) is 12.5. The molecule has 23 heavy (non-hydrogen) atoms. The molecule has 0 spiro atoms. The second-order valence-corrected chi connectivity index (χ2v) is 8.25. The first-order chi connectivity index (χ1) is 10.8. The highest BCUT2D eigenvalue weighted by atomic mass is 32.2. The van der Waals surface area contributed by atoms with E-state index in [1.165, 1.54) is 10.5 Å². The van der Waals surface area contributed by atoms with Crippen molar-refractivity contribution in [1.29, 1.82) is 0 Å². The minimum absolute atomic E-state index is 0.0333. The van der Waals surface area contributed by atoms with Crippen molar-refractivity contribution in [2.24, 2.45) is 0 Å². The summed E-state index contributed by atoms with van der Waals surface area (Å²) in [5.41, 5.74) is 11.7. The van der Waals surface area contributed by atoms with Gasteiger partial charge in [0.2, 0.25) is 15.8 Å². The van der Waals surface area contributed by atoms with Gasteiger partial charge < -0.3 is 11.5 Å². The minimum atomic E-state index is -3.17.